The number of rotatable bonds is 3. The highest BCUT2D eigenvalue weighted by atomic mass is 79.9. The highest BCUT2D eigenvalue weighted by Gasteiger charge is 2.09. The van der Waals surface area contributed by atoms with Crippen LogP contribution in [0.25, 0.3) is 10.9 Å². The first-order valence-electron chi connectivity index (χ1n) is 4.53. The second-order valence-corrected chi connectivity index (χ2v) is 4.00. The summed E-state index contributed by atoms with van der Waals surface area (Å²) in [7, 11) is 1.63. The molecular weight excluding hydrogens is 258 g/mol. The Hall–Kier alpha value is -1.29. The summed E-state index contributed by atoms with van der Waals surface area (Å²) in [4.78, 5) is 10.5. The first kappa shape index (κ1) is 10.2. The highest BCUT2D eigenvalue weighted by molar-refractivity contribution is 9.10. The minimum atomic E-state index is 0.344. The fourth-order valence-corrected chi connectivity index (χ4v) is 2.11. The Morgan fingerprint density at radius 3 is 2.93 bits per heavy atom. The third-order valence-corrected chi connectivity index (χ3v) is 3.02. The van der Waals surface area contributed by atoms with E-state index in [0.717, 1.165) is 27.4 Å². The standard InChI is InChI=1S/C11H10BrNO2/c1-15-10-3-2-9(12)8-4-5-13(6-7-14)11(8)10/h2-5,7H,6H2,1H3. The Morgan fingerprint density at radius 1 is 1.47 bits per heavy atom. The van der Waals surface area contributed by atoms with Gasteiger partial charge in [0.15, 0.2) is 0 Å². The van der Waals surface area contributed by atoms with Gasteiger partial charge >= 0.3 is 0 Å². The third-order valence-electron chi connectivity index (χ3n) is 2.33. The molecule has 0 unspecified atom stereocenters. The monoisotopic (exact) mass is 267 g/mol. The number of carbonyl (C=O) groups excluding carboxylic acids is 1. The number of hydrogen-bond acceptors (Lipinski definition) is 2. The van der Waals surface area contributed by atoms with Crippen molar-refractivity contribution in [2.75, 3.05) is 7.11 Å². The van der Waals surface area contributed by atoms with E-state index >= 15 is 0 Å². The van der Waals surface area contributed by atoms with Crippen molar-refractivity contribution in [2.45, 2.75) is 6.54 Å². The van der Waals surface area contributed by atoms with E-state index in [2.05, 4.69) is 15.9 Å². The summed E-state index contributed by atoms with van der Waals surface area (Å²) in [6, 6.07) is 5.78. The molecule has 15 heavy (non-hydrogen) atoms. The normalized spacial score (nSPS) is 10.5. The van der Waals surface area contributed by atoms with Crippen molar-refractivity contribution in [3.8, 4) is 5.75 Å². The van der Waals surface area contributed by atoms with E-state index in [1.807, 2.05) is 29.0 Å². The first-order valence-corrected chi connectivity index (χ1v) is 5.32. The summed E-state index contributed by atoms with van der Waals surface area (Å²) in [6.45, 7) is 0.344. The topological polar surface area (TPSA) is 31.2 Å². The highest BCUT2D eigenvalue weighted by Crippen LogP contribution is 2.32. The molecule has 0 aliphatic heterocycles. The summed E-state index contributed by atoms with van der Waals surface area (Å²) in [5, 5.41) is 1.05. The van der Waals surface area contributed by atoms with Gasteiger partial charge in [-0.2, -0.15) is 0 Å². The zero-order valence-electron chi connectivity index (χ0n) is 8.24. The van der Waals surface area contributed by atoms with Crippen LogP contribution >= 0.6 is 15.9 Å². The van der Waals surface area contributed by atoms with Crippen molar-refractivity contribution in [2.24, 2.45) is 0 Å². The number of aromatic nitrogens is 1. The number of methoxy groups -OCH3 is 1. The number of carbonyl (C=O) groups is 1. The third kappa shape index (κ3) is 1.65. The van der Waals surface area contributed by atoms with Gasteiger partial charge in [-0.3, -0.25) is 0 Å². The smallest absolute Gasteiger partial charge is 0.143 e. The average molecular weight is 268 g/mol. The van der Waals surface area contributed by atoms with Crippen molar-refractivity contribution in [1.29, 1.82) is 0 Å². The van der Waals surface area contributed by atoms with E-state index in [1.54, 1.807) is 7.11 Å². The molecule has 0 aliphatic carbocycles. The van der Waals surface area contributed by atoms with Crippen molar-refractivity contribution in [3.63, 3.8) is 0 Å². The summed E-state index contributed by atoms with van der Waals surface area (Å²) < 4.78 is 8.14. The van der Waals surface area contributed by atoms with Crippen LogP contribution in [0.1, 0.15) is 0 Å². The summed E-state index contributed by atoms with van der Waals surface area (Å²) in [5.74, 6) is 0.778. The zero-order chi connectivity index (χ0) is 10.8. The maximum atomic E-state index is 10.5. The summed E-state index contributed by atoms with van der Waals surface area (Å²) in [6.07, 6.45) is 2.76. The van der Waals surface area contributed by atoms with Gasteiger partial charge in [0.05, 0.1) is 19.2 Å². The Bertz CT molecular complexity index is 505. The van der Waals surface area contributed by atoms with Crippen LogP contribution in [0.4, 0.5) is 0 Å². The van der Waals surface area contributed by atoms with E-state index in [1.165, 1.54) is 0 Å². The van der Waals surface area contributed by atoms with Crippen molar-refractivity contribution in [1.82, 2.24) is 4.57 Å². The summed E-state index contributed by atoms with van der Waals surface area (Å²) in [5.41, 5.74) is 0.943. The zero-order valence-corrected chi connectivity index (χ0v) is 9.82. The lowest BCUT2D eigenvalue weighted by Crippen LogP contribution is -1.98. The van der Waals surface area contributed by atoms with Crippen LogP contribution in [-0.2, 0) is 11.3 Å². The van der Waals surface area contributed by atoms with Crippen LogP contribution in [0.2, 0.25) is 0 Å². The lowest BCUT2D eigenvalue weighted by atomic mass is 10.2. The molecule has 2 rings (SSSR count). The van der Waals surface area contributed by atoms with Crippen molar-refractivity contribution in [3.05, 3.63) is 28.9 Å². The van der Waals surface area contributed by atoms with Crippen LogP contribution in [-0.4, -0.2) is 18.0 Å². The lowest BCUT2D eigenvalue weighted by Gasteiger charge is -2.06. The van der Waals surface area contributed by atoms with Gasteiger partial charge in [0.1, 0.15) is 12.0 Å². The van der Waals surface area contributed by atoms with E-state index < -0.39 is 0 Å². The fourth-order valence-electron chi connectivity index (χ4n) is 1.65. The van der Waals surface area contributed by atoms with E-state index in [0.29, 0.717) is 6.54 Å². The molecule has 0 fully saturated rings. The molecule has 0 saturated carbocycles. The predicted octanol–water partition coefficient (Wildman–Crippen LogP) is 2.61. The van der Waals surface area contributed by atoms with Crippen LogP contribution < -0.4 is 4.74 Å². The molecule has 1 heterocycles. The fraction of sp³-hybridized carbons (Fsp3) is 0.182. The van der Waals surface area contributed by atoms with Gasteiger partial charge in [-0.25, -0.2) is 0 Å². The Labute approximate surface area is 95.8 Å². The van der Waals surface area contributed by atoms with Crippen molar-refractivity contribution >= 4 is 33.1 Å². The van der Waals surface area contributed by atoms with Crippen LogP contribution in [0, 0.1) is 0 Å². The molecule has 1 aromatic carbocycles. The van der Waals surface area contributed by atoms with E-state index in [4.69, 9.17) is 4.74 Å². The van der Waals surface area contributed by atoms with Gasteiger partial charge in [-0.05, 0) is 18.2 Å². The Morgan fingerprint density at radius 2 is 2.27 bits per heavy atom. The molecule has 78 valence electrons. The van der Waals surface area contributed by atoms with Crippen LogP contribution in [0.3, 0.4) is 0 Å². The molecule has 1 aromatic heterocycles. The molecule has 2 aromatic rings. The number of fused-ring (bicyclic) bond motifs is 1. The number of nitrogens with zero attached hydrogens (tertiary/aromatic N) is 1. The lowest BCUT2D eigenvalue weighted by molar-refractivity contribution is -0.108. The molecular formula is C11H10BrNO2. The molecule has 0 radical (unpaired) electrons. The summed E-state index contributed by atoms with van der Waals surface area (Å²) >= 11 is 3.47. The quantitative estimate of drug-likeness (QED) is 0.801. The molecule has 0 atom stereocenters. The molecule has 0 aliphatic rings. The molecule has 0 amide bonds. The number of hydrogen-bond donors (Lipinski definition) is 0. The molecule has 3 nitrogen and oxygen atoms in total. The van der Waals surface area contributed by atoms with Crippen LogP contribution in [0.5, 0.6) is 5.75 Å². The minimum Gasteiger partial charge on any atom is -0.495 e. The van der Waals surface area contributed by atoms with Gasteiger partial charge in [-0.1, -0.05) is 15.9 Å². The second kappa shape index (κ2) is 4.06. The molecule has 0 spiro atoms. The maximum absolute atomic E-state index is 10.5. The number of halogens is 1. The van der Waals surface area contributed by atoms with Gasteiger partial charge in [0, 0.05) is 16.1 Å². The second-order valence-electron chi connectivity index (χ2n) is 3.15. The first-order chi connectivity index (χ1) is 7.27. The molecule has 0 bridgehead atoms. The SMILES string of the molecule is COc1ccc(Br)c2ccn(CC=O)c12. The predicted molar refractivity (Wildman–Crippen MR) is 62.3 cm³/mol. The number of aldehydes is 1. The maximum Gasteiger partial charge on any atom is 0.143 e. The average Bonchev–Trinajstić information content (AvgIpc) is 2.65. The Balaban J connectivity index is 2.74. The van der Waals surface area contributed by atoms with Crippen molar-refractivity contribution < 1.29 is 9.53 Å². The van der Waals surface area contributed by atoms with Gasteiger partial charge in [0.25, 0.3) is 0 Å². The number of ether oxygens (including phenoxy) is 1. The minimum absolute atomic E-state index is 0.344. The largest absolute Gasteiger partial charge is 0.495 e. The van der Waals surface area contributed by atoms with Gasteiger partial charge < -0.3 is 14.1 Å². The molecule has 0 N–H and O–H groups in total. The van der Waals surface area contributed by atoms with Crippen LogP contribution in [0.15, 0.2) is 28.9 Å². The van der Waals surface area contributed by atoms with E-state index in [9.17, 15) is 4.79 Å². The van der Waals surface area contributed by atoms with Gasteiger partial charge in [0.2, 0.25) is 0 Å². The van der Waals surface area contributed by atoms with E-state index in [-0.39, 0.29) is 0 Å². The Kier molecular flexibility index (Phi) is 2.77. The van der Waals surface area contributed by atoms with Gasteiger partial charge in [-0.15, -0.1) is 0 Å². The molecule has 0 saturated heterocycles. The molecule has 4 heteroatoms. The number of benzene rings is 1.